The number of hydrogen-bond donors (Lipinski definition) is 1. The number of tetrazole rings is 1. The molecule has 3 aromatic heterocycles. The fourth-order valence-corrected chi connectivity index (χ4v) is 1.78. The molecule has 0 aromatic carbocycles. The van der Waals surface area contributed by atoms with Gasteiger partial charge in [-0.2, -0.15) is 9.90 Å². The second-order valence-corrected chi connectivity index (χ2v) is 4.05. The third kappa shape index (κ3) is 2.05. The van der Waals surface area contributed by atoms with Crippen molar-refractivity contribution in [1.29, 1.82) is 0 Å². The van der Waals surface area contributed by atoms with Crippen LogP contribution in [0.3, 0.4) is 0 Å². The smallest absolute Gasteiger partial charge is 0.339 e. The second kappa shape index (κ2) is 4.61. The molecule has 0 fully saturated rings. The van der Waals surface area contributed by atoms with E-state index in [0.717, 1.165) is 0 Å². The SMILES string of the molecule is Cn1ncc(C(=O)O)c1Cn1nnc(-c2ccco2)n1. The lowest BCUT2D eigenvalue weighted by atomic mass is 10.2. The number of carboxylic acid groups (broad SMARTS) is 1. The molecule has 3 aromatic rings. The third-order valence-electron chi connectivity index (χ3n) is 2.78. The Labute approximate surface area is 112 Å². The summed E-state index contributed by atoms with van der Waals surface area (Å²) >= 11 is 0. The summed E-state index contributed by atoms with van der Waals surface area (Å²) in [5.41, 5.74) is 0.602. The molecule has 0 saturated carbocycles. The van der Waals surface area contributed by atoms with Crippen LogP contribution in [0.2, 0.25) is 0 Å². The van der Waals surface area contributed by atoms with E-state index in [2.05, 4.69) is 20.5 Å². The molecule has 0 bridgehead atoms. The maximum Gasteiger partial charge on any atom is 0.339 e. The minimum atomic E-state index is -1.04. The Balaban J connectivity index is 1.89. The molecule has 20 heavy (non-hydrogen) atoms. The molecule has 0 spiro atoms. The molecule has 0 saturated heterocycles. The third-order valence-corrected chi connectivity index (χ3v) is 2.78. The van der Waals surface area contributed by atoms with Gasteiger partial charge in [0.05, 0.1) is 18.2 Å². The van der Waals surface area contributed by atoms with Crippen LogP contribution in [0.4, 0.5) is 0 Å². The first-order valence-corrected chi connectivity index (χ1v) is 5.71. The van der Waals surface area contributed by atoms with E-state index >= 15 is 0 Å². The monoisotopic (exact) mass is 274 g/mol. The first kappa shape index (κ1) is 12.1. The standard InChI is InChI=1S/C11H10N6O3/c1-16-8(7(5-12-16)11(18)19)6-17-14-10(13-15-17)9-3-2-4-20-9/h2-5H,6H2,1H3,(H,18,19). The van der Waals surface area contributed by atoms with Gasteiger partial charge < -0.3 is 9.52 Å². The van der Waals surface area contributed by atoms with Gasteiger partial charge in [0.2, 0.25) is 5.82 Å². The number of carbonyl (C=O) groups is 1. The number of aromatic carboxylic acids is 1. The number of rotatable bonds is 4. The number of carboxylic acids is 1. The molecule has 9 heteroatoms. The zero-order valence-corrected chi connectivity index (χ0v) is 10.5. The van der Waals surface area contributed by atoms with Crippen LogP contribution in [-0.2, 0) is 13.6 Å². The Bertz CT molecular complexity index is 742. The number of aromatic nitrogens is 6. The van der Waals surface area contributed by atoms with Crippen molar-refractivity contribution >= 4 is 5.97 Å². The van der Waals surface area contributed by atoms with Gasteiger partial charge in [0.1, 0.15) is 12.1 Å². The number of aryl methyl sites for hydroxylation is 1. The predicted octanol–water partition coefficient (Wildman–Crippen LogP) is 0.413. The molecule has 0 amide bonds. The molecule has 9 nitrogen and oxygen atoms in total. The Morgan fingerprint density at radius 3 is 3.05 bits per heavy atom. The molecular formula is C11H10N6O3. The molecule has 1 N–H and O–H groups in total. The van der Waals surface area contributed by atoms with Gasteiger partial charge in [-0.05, 0) is 17.3 Å². The molecule has 102 valence electrons. The van der Waals surface area contributed by atoms with Crippen LogP contribution >= 0.6 is 0 Å². The summed E-state index contributed by atoms with van der Waals surface area (Å²) in [5, 5.41) is 24.9. The predicted molar refractivity (Wildman–Crippen MR) is 64.8 cm³/mol. The minimum Gasteiger partial charge on any atom is -0.478 e. The van der Waals surface area contributed by atoms with Crippen LogP contribution in [0.15, 0.2) is 29.0 Å². The fraction of sp³-hybridized carbons (Fsp3) is 0.182. The molecule has 0 radical (unpaired) electrons. The van der Waals surface area contributed by atoms with E-state index in [0.29, 0.717) is 17.3 Å². The van der Waals surface area contributed by atoms with Crippen LogP contribution in [0.5, 0.6) is 0 Å². The minimum absolute atomic E-state index is 0.115. The zero-order chi connectivity index (χ0) is 14.1. The average molecular weight is 274 g/mol. The highest BCUT2D eigenvalue weighted by atomic mass is 16.4. The molecule has 0 aliphatic carbocycles. The summed E-state index contributed by atoms with van der Waals surface area (Å²) in [6.45, 7) is 0.159. The van der Waals surface area contributed by atoms with E-state index in [1.807, 2.05) is 0 Å². The van der Waals surface area contributed by atoms with Crippen LogP contribution < -0.4 is 0 Å². The Morgan fingerprint density at radius 1 is 1.50 bits per heavy atom. The van der Waals surface area contributed by atoms with Crippen LogP contribution in [0.25, 0.3) is 11.6 Å². The van der Waals surface area contributed by atoms with E-state index in [1.54, 1.807) is 19.2 Å². The van der Waals surface area contributed by atoms with Gasteiger partial charge in [0, 0.05) is 7.05 Å². The Kier molecular flexibility index (Phi) is 2.78. The fourth-order valence-electron chi connectivity index (χ4n) is 1.78. The Hall–Kier alpha value is -2.97. The first-order valence-electron chi connectivity index (χ1n) is 5.71. The van der Waals surface area contributed by atoms with Crippen molar-refractivity contribution in [3.8, 4) is 11.6 Å². The lowest BCUT2D eigenvalue weighted by molar-refractivity contribution is 0.0695. The highest BCUT2D eigenvalue weighted by Gasteiger charge is 2.17. The van der Waals surface area contributed by atoms with Gasteiger partial charge in [0.15, 0.2) is 5.76 Å². The molecule has 0 aliphatic rings. The summed E-state index contributed by atoms with van der Waals surface area (Å²) in [5.74, 6) is -0.201. The molecule has 3 heterocycles. The van der Waals surface area contributed by atoms with Gasteiger partial charge in [0.25, 0.3) is 0 Å². The van der Waals surface area contributed by atoms with Gasteiger partial charge in [-0.15, -0.1) is 10.2 Å². The number of furan rings is 1. The maximum atomic E-state index is 11.1. The van der Waals surface area contributed by atoms with Gasteiger partial charge in [-0.1, -0.05) is 0 Å². The summed E-state index contributed by atoms with van der Waals surface area (Å²) in [4.78, 5) is 12.4. The molecule has 0 atom stereocenters. The summed E-state index contributed by atoms with van der Waals surface area (Å²) in [6, 6.07) is 3.44. The quantitative estimate of drug-likeness (QED) is 0.733. The summed E-state index contributed by atoms with van der Waals surface area (Å²) in [7, 11) is 1.66. The lowest BCUT2D eigenvalue weighted by Gasteiger charge is -2.01. The maximum absolute atomic E-state index is 11.1. The molecular weight excluding hydrogens is 264 g/mol. The largest absolute Gasteiger partial charge is 0.478 e. The molecule has 3 rings (SSSR count). The highest BCUT2D eigenvalue weighted by Crippen LogP contribution is 2.14. The van der Waals surface area contributed by atoms with Crippen LogP contribution in [0, 0.1) is 0 Å². The van der Waals surface area contributed by atoms with Crippen molar-refractivity contribution < 1.29 is 14.3 Å². The zero-order valence-electron chi connectivity index (χ0n) is 10.5. The van der Waals surface area contributed by atoms with Crippen LogP contribution in [0.1, 0.15) is 16.1 Å². The number of nitrogens with zero attached hydrogens (tertiary/aromatic N) is 6. The average Bonchev–Trinajstić information content (AvgIpc) is 3.12. The van der Waals surface area contributed by atoms with Gasteiger partial charge in [-0.25, -0.2) is 4.79 Å². The molecule has 0 aliphatic heterocycles. The van der Waals surface area contributed by atoms with Gasteiger partial charge in [-0.3, -0.25) is 4.68 Å². The van der Waals surface area contributed by atoms with Gasteiger partial charge >= 0.3 is 5.97 Å². The van der Waals surface area contributed by atoms with Crippen molar-refractivity contribution in [2.75, 3.05) is 0 Å². The van der Waals surface area contributed by atoms with E-state index < -0.39 is 5.97 Å². The summed E-state index contributed by atoms with van der Waals surface area (Å²) < 4.78 is 6.64. The van der Waals surface area contributed by atoms with Crippen molar-refractivity contribution in [3.05, 3.63) is 35.9 Å². The first-order chi connectivity index (χ1) is 9.65. The van der Waals surface area contributed by atoms with Crippen LogP contribution in [-0.4, -0.2) is 41.1 Å². The summed E-state index contributed by atoms with van der Waals surface area (Å²) in [6.07, 6.45) is 2.81. The van der Waals surface area contributed by atoms with Crippen molar-refractivity contribution in [1.82, 2.24) is 30.0 Å². The second-order valence-electron chi connectivity index (χ2n) is 4.05. The van der Waals surface area contributed by atoms with E-state index in [-0.39, 0.29) is 12.1 Å². The van der Waals surface area contributed by atoms with E-state index in [4.69, 9.17) is 9.52 Å². The lowest BCUT2D eigenvalue weighted by Crippen LogP contribution is -2.12. The topological polar surface area (TPSA) is 112 Å². The highest BCUT2D eigenvalue weighted by molar-refractivity contribution is 5.88. The van der Waals surface area contributed by atoms with E-state index in [1.165, 1.54) is 21.9 Å². The number of hydrogen-bond acceptors (Lipinski definition) is 6. The Morgan fingerprint density at radius 2 is 2.35 bits per heavy atom. The van der Waals surface area contributed by atoms with Crippen molar-refractivity contribution in [2.24, 2.45) is 7.05 Å². The molecule has 0 unspecified atom stereocenters. The van der Waals surface area contributed by atoms with Crippen molar-refractivity contribution in [3.63, 3.8) is 0 Å². The van der Waals surface area contributed by atoms with E-state index in [9.17, 15) is 4.79 Å². The van der Waals surface area contributed by atoms with Crippen molar-refractivity contribution in [2.45, 2.75) is 6.54 Å². The normalized spacial score (nSPS) is 10.8.